The monoisotopic (exact) mass is 1800 g/mol. The number of amides is 5. The number of benzene rings is 6. The third kappa shape index (κ3) is 22.2. The zero-order valence-corrected chi connectivity index (χ0v) is 79.3. The molecule has 16 rings (SSSR count). The predicted molar refractivity (Wildman–Crippen MR) is 502 cm³/mol. The van der Waals surface area contributed by atoms with Crippen LogP contribution in [0.25, 0.3) is 60.0 Å². The number of imidazole rings is 5. The number of fused-ring (bicyclic) bond motifs is 5. The van der Waals surface area contributed by atoms with Gasteiger partial charge in [-0.1, -0.05) is 131 Å². The first-order valence-corrected chi connectivity index (χ1v) is 45.2. The Morgan fingerprint density at radius 1 is 0.492 bits per heavy atom. The highest BCUT2D eigenvalue weighted by molar-refractivity contribution is 6.32. The second-order valence-electron chi connectivity index (χ2n) is 42.5. The van der Waals surface area contributed by atoms with Crippen LogP contribution in [0.15, 0.2) is 84.9 Å². The number of hydrogen-bond acceptors (Lipinski definition) is 14. The number of nitriles is 2. The molecule has 0 atom stereocenters. The maximum atomic E-state index is 15.2. The minimum atomic E-state index is -1.54. The van der Waals surface area contributed by atoms with E-state index in [1.54, 1.807) is 30.5 Å². The first-order valence-electron chi connectivity index (χ1n) is 44.9. The van der Waals surface area contributed by atoms with Crippen LogP contribution in [0.1, 0.15) is 299 Å². The molecule has 25 nitrogen and oxygen atoms in total. The highest BCUT2D eigenvalue weighted by Crippen LogP contribution is 2.49. The summed E-state index contributed by atoms with van der Waals surface area (Å²) in [6, 6.07) is 28.1. The average molecular weight is 1800 g/mol. The lowest BCUT2D eigenvalue weighted by molar-refractivity contribution is -0.118. The molecule has 0 bridgehead atoms. The SMILES string of the molecule is CC(C)(C)CC(=O)Nc1nc2c(F)cc(C(C)(C)O)c(F)c2n1C1CCC1.CC(C)(C)CC(=O)Nc1nc2cc(F)cc(C#N)c2n1C1(C)CCC1.CC(C)(C)CC(=O)Nc1nc2ccc(Cl)c(C#N)c2n1C1CCC1.Cc1cccc(CC(=O)Nc2nc3ccc(C(C)(C)O)cc3n2C2(C)CCC2)c1.[C-]#[N+]c1cc2c(cc1F)nc(NC(=O)CC(C)(C)C)n2C1(C)CCC1. The van der Waals surface area contributed by atoms with Crippen molar-refractivity contribution in [2.45, 2.75) is 307 Å². The van der Waals surface area contributed by atoms with Crippen molar-refractivity contribution in [1.82, 2.24) is 47.8 Å². The van der Waals surface area contributed by atoms with E-state index in [0.717, 1.165) is 136 Å². The van der Waals surface area contributed by atoms with Gasteiger partial charge in [-0.2, -0.15) is 10.5 Å². The Balaban J connectivity index is 0.000000147. The van der Waals surface area contributed by atoms with Gasteiger partial charge in [-0.15, -0.1) is 0 Å². The summed E-state index contributed by atoms with van der Waals surface area (Å²) < 4.78 is 67.4. The van der Waals surface area contributed by atoms with Gasteiger partial charge in [-0.25, -0.2) is 47.3 Å². The Morgan fingerprint density at radius 3 is 1.38 bits per heavy atom. The molecule has 5 amide bonds. The highest BCUT2D eigenvalue weighted by Gasteiger charge is 2.43. The summed E-state index contributed by atoms with van der Waals surface area (Å²) in [5.41, 5.74) is 5.18. The number of aryl methyl sites for hydroxylation is 1. The molecule has 0 aliphatic heterocycles. The molecule has 30 heteroatoms. The zero-order valence-electron chi connectivity index (χ0n) is 78.5. The molecule has 690 valence electrons. The highest BCUT2D eigenvalue weighted by atomic mass is 35.5. The van der Waals surface area contributed by atoms with Crippen LogP contribution in [-0.4, -0.2) is 87.5 Å². The zero-order chi connectivity index (χ0) is 95.3. The van der Waals surface area contributed by atoms with Gasteiger partial charge in [0.15, 0.2) is 11.6 Å². The lowest BCUT2D eigenvalue weighted by Crippen LogP contribution is -2.38. The minimum absolute atomic E-state index is 0.00267. The van der Waals surface area contributed by atoms with Crippen molar-refractivity contribution in [2.75, 3.05) is 26.6 Å². The summed E-state index contributed by atoms with van der Waals surface area (Å²) >= 11 is 6.19. The van der Waals surface area contributed by atoms with E-state index < -0.39 is 34.5 Å². The van der Waals surface area contributed by atoms with Crippen molar-refractivity contribution in [3.8, 4) is 12.1 Å². The van der Waals surface area contributed by atoms with Gasteiger partial charge in [-0.3, -0.25) is 50.6 Å². The number of rotatable bonds is 18. The quantitative estimate of drug-likeness (QED) is 0.0310. The minimum Gasteiger partial charge on any atom is -0.386 e. The number of halogens is 5. The molecule has 0 saturated heterocycles. The standard InChI is InChI=1S/C24H29N3O2.C20H27F2N3O2.2C19H23FN4O.C18H21ClN4O/c1-16-7-5-8-17(13-16)14-21(28)26-22-25-19-10-9-18(23(2,3)29)15-20(19)27(22)24(4)11-6-12-24;1-19(2,3)10-14(26)23-18-24-16-13(21)9-12(20(4,5)27)15(22)17(16)25(18)11-7-6-8-11;1-18(2,3)11-16(25)23-17-22-14-9-12(20)13(21-5)10-15(14)24(17)19(4)7-6-8-19;1-18(2,3)10-15(25)23-17-22-14-9-13(20)8-12(11-21)16(14)24(17)19(4)6-5-7-19;1-18(2,3)9-15(24)22-17-21-14-8-7-13(19)12(10-20)16(14)23(17)11-5-4-6-11/h5,7-10,13,15,29H,6,11-12,14H2,1-4H3,(H,25,26,28);9,11,27H,6-8,10H2,1-5H3,(H,23,24,26);9-10H,6-8,11H2,1-4H3,(H,22,23,25);8-9H,5-7,10H2,1-4H3,(H,22,23,25);7-8,11H,4-6,9H2,1-3H3,(H,21,22,24). The summed E-state index contributed by atoms with van der Waals surface area (Å²) in [6.07, 6.45) is 16.7. The molecule has 0 spiro atoms. The lowest BCUT2D eigenvalue weighted by atomic mass is 9.78. The fourth-order valence-corrected chi connectivity index (χ4v) is 17.6. The molecular formula is C100H123ClF4N18O7. The molecule has 5 saturated carbocycles. The molecule has 0 unspecified atom stereocenters. The van der Waals surface area contributed by atoms with Gasteiger partial charge in [-0.05, 0) is 233 Å². The normalized spacial score (nSPS) is 15.9. The maximum Gasteiger partial charge on any atom is 0.231 e. The first-order chi connectivity index (χ1) is 60.6. The number of aromatic nitrogens is 10. The summed E-state index contributed by atoms with van der Waals surface area (Å²) in [6.45, 7) is 45.8. The number of nitrogens with zero attached hydrogens (tertiary/aromatic N) is 13. The van der Waals surface area contributed by atoms with Crippen molar-refractivity contribution in [1.29, 1.82) is 10.5 Å². The number of nitrogens with one attached hydrogen (secondary N) is 5. The molecule has 5 aliphatic rings. The maximum absolute atomic E-state index is 15.2. The Labute approximate surface area is 762 Å². The van der Waals surface area contributed by atoms with Gasteiger partial charge in [0.1, 0.15) is 34.8 Å². The van der Waals surface area contributed by atoms with Gasteiger partial charge in [0.05, 0.1) is 84.5 Å². The Bertz CT molecular complexity index is 6330. The Morgan fingerprint density at radius 2 is 0.938 bits per heavy atom. The summed E-state index contributed by atoms with van der Waals surface area (Å²) in [5.74, 6) is -1.03. The fourth-order valence-electron chi connectivity index (χ4n) is 17.4. The second-order valence-corrected chi connectivity index (χ2v) is 42.9. The first kappa shape index (κ1) is 97.5. The van der Waals surface area contributed by atoms with Gasteiger partial charge in [0.25, 0.3) is 0 Å². The van der Waals surface area contributed by atoms with Crippen molar-refractivity contribution < 1.29 is 51.7 Å². The number of aliphatic hydroxyl groups is 2. The van der Waals surface area contributed by atoms with Gasteiger partial charge in [0.2, 0.25) is 65.0 Å². The summed E-state index contributed by atoms with van der Waals surface area (Å²) in [7, 11) is 0. The van der Waals surface area contributed by atoms with Gasteiger partial charge >= 0.3 is 0 Å². The molecule has 7 N–H and O–H groups in total. The molecular weight excluding hydrogens is 1680 g/mol. The van der Waals surface area contributed by atoms with E-state index >= 15 is 4.39 Å². The van der Waals surface area contributed by atoms with Crippen molar-refractivity contribution in [2.24, 2.45) is 21.7 Å². The Kier molecular flexibility index (Phi) is 28.0. The molecule has 0 radical (unpaired) electrons. The fraction of sp³-hybridized carbons (Fsp3) is 0.510. The van der Waals surface area contributed by atoms with Crippen LogP contribution in [0.3, 0.4) is 0 Å². The van der Waals surface area contributed by atoms with E-state index in [2.05, 4.69) is 88.8 Å². The van der Waals surface area contributed by atoms with E-state index in [4.69, 9.17) is 23.2 Å². The number of anilines is 5. The van der Waals surface area contributed by atoms with Crippen LogP contribution in [-0.2, 0) is 58.2 Å². The predicted octanol–water partition coefficient (Wildman–Crippen LogP) is 23.3. The molecule has 6 aromatic carbocycles. The smallest absolute Gasteiger partial charge is 0.231 e. The molecule has 130 heavy (non-hydrogen) atoms. The van der Waals surface area contributed by atoms with E-state index in [0.29, 0.717) is 87.6 Å². The third-order valence-electron chi connectivity index (χ3n) is 24.7. The summed E-state index contributed by atoms with van der Waals surface area (Å²) in [5, 5.41) is 54.5. The Hall–Kier alpha value is -11.6. The lowest BCUT2D eigenvalue weighted by Gasteiger charge is -2.41. The third-order valence-corrected chi connectivity index (χ3v) is 25.0. The van der Waals surface area contributed by atoms with Gasteiger partial charge in [0, 0.05) is 66.0 Å². The number of carbonyl (C=O) groups excluding carboxylic acids is 5. The van der Waals surface area contributed by atoms with Gasteiger partial charge < -0.3 is 33.0 Å². The molecule has 5 fully saturated rings. The molecule has 5 aromatic heterocycles. The van der Waals surface area contributed by atoms with Crippen molar-refractivity contribution in [3.63, 3.8) is 0 Å². The molecule has 5 aliphatic carbocycles. The molecule has 5 heterocycles. The van der Waals surface area contributed by atoms with E-state index in [1.165, 1.54) is 38.1 Å². The van der Waals surface area contributed by atoms with Crippen molar-refractivity contribution in [3.05, 3.63) is 158 Å². The topological polar surface area (TPSA) is 327 Å². The van der Waals surface area contributed by atoms with Crippen LogP contribution in [0.5, 0.6) is 0 Å². The van der Waals surface area contributed by atoms with E-state index in [1.807, 2.05) is 146 Å². The van der Waals surface area contributed by atoms with E-state index in [-0.39, 0.29) is 120 Å². The van der Waals surface area contributed by atoms with Crippen molar-refractivity contribution >= 4 is 132 Å². The number of carbonyl (C=O) groups is 5. The number of hydrogen-bond donors (Lipinski definition) is 7. The largest absolute Gasteiger partial charge is 0.386 e. The van der Waals surface area contributed by atoms with Crippen LogP contribution in [0, 0.1) is 81.1 Å². The average Bonchev–Trinajstić information content (AvgIpc) is 1.54. The summed E-state index contributed by atoms with van der Waals surface area (Å²) in [4.78, 5) is 88.0. The van der Waals surface area contributed by atoms with Crippen LogP contribution in [0.4, 0.5) is 53.0 Å². The molecule has 11 aromatic rings. The van der Waals surface area contributed by atoms with Crippen LogP contribution in [0.2, 0.25) is 5.02 Å². The second kappa shape index (κ2) is 37.4. The van der Waals surface area contributed by atoms with E-state index in [9.17, 15) is 57.9 Å². The van der Waals surface area contributed by atoms with Crippen LogP contribution < -0.4 is 26.6 Å². The van der Waals surface area contributed by atoms with Crippen LogP contribution >= 0.6 is 11.6 Å².